The van der Waals surface area contributed by atoms with Crippen LogP contribution >= 0.6 is 0 Å². The van der Waals surface area contributed by atoms with Crippen LogP contribution in [0, 0.1) is 0 Å². The molecule has 2 heteroatoms. The van der Waals surface area contributed by atoms with Crippen molar-refractivity contribution in [1.29, 1.82) is 0 Å². The van der Waals surface area contributed by atoms with Gasteiger partial charge in [0.25, 0.3) is 0 Å². The molecule has 102 valence electrons. The van der Waals surface area contributed by atoms with E-state index in [1.807, 2.05) is 6.07 Å². The summed E-state index contributed by atoms with van der Waals surface area (Å²) in [5.41, 5.74) is 5.75. The summed E-state index contributed by atoms with van der Waals surface area (Å²) in [4.78, 5) is 4.92. The van der Waals surface area contributed by atoms with Gasteiger partial charge in [0, 0.05) is 17.5 Å². The van der Waals surface area contributed by atoms with Crippen molar-refractivity contribution in [3.63, 3.8) is 0 Å². The van der Waals surface area contributed by atoms with Crippen LogP contribution < -0.4 is 0 Å². The third-order valence-corrected chi connectivity index (χ3v) is 4.00. The Morgan fingerprint density at radius 1 is 0.810 bits per heavy atom. The van der Waals surface area contributed by atoms with Gasteiger partial charge >= 0.3 is 0 Å². The lowest BCUT2D eigenvalue weighted by atomic mass is 10.1. The molecule has 0 saturated carbocycles. The second kappa shape index (κ2) is 4.74. The summed E-state index contributed by atoms with van der Waals surface area (Å²) in [5, 5.41) is 1.23. The highest BCUT2D eigenvalue weighted by Gasteiger charge is 2.11. The Balaban J connectivity index is 2.06. The van der Waals surface area contributed by atoms with Crippen LogP contribution in [0.4, 0.5) is 0 Å². The van der Waals surface area contributed by atoms with E-state index in [2.05, 4.69) is 72.2 Å². The van der Waals surface area contributed by atoms with Crippen LogP contribution in [0.2, 0.25) is 0 Å². The molecular weight excluding hydrogens is 256 g/mol. The summed E-state index contributed by atoms with van der Waals surface area (Å²) < 4.78 is 2.33. The van der Waals surface area contributed by atoms with Crippen molar-refractivity contribution in [2.45, 2.75) is 13.5 Å². The van der Waals surface area contributed by atoms with E-state index in [1.54, 1.807) is 0 Å². The summed E-state index contributed by atoms with van der Waals surface area (Å²) in [5.74, 6) is 0. The van der Waals surface area contributed by atoms with E-state index in [0.29, 0.717) is 0 Å². The van der Waals surface area contributed by atoms with Crippen LogP contribution in [0.25, 0.3) is 33.2 Å². The van der Waals surface area contributed by atoms with E-state index in [-0.39, 0.29) is 0 Å². The maximum Gasteiger partial charge on any atom is 0.0967 e. The molecule has 0 aliphatic carbocycles. The number of fused-ring (bicyclic) bond motifs is 3. The molecule has 0 saturated heterocycles. The van der Waals surface area contributed by atoms with E-state index in [4.69, 9.17) is 4.98 Å². The minimum Gasteiger partial charge on any atom is -0.339 e. The summed E-state index contributed by atoms with van der Waals surface area (Å²) in [7, 11) is 0. The number of hydrogen-bond donors (Lipinski definition) is 0. The third kappa shape index (κ3) is 1.83. The number of hydrogen-bond acceptors (Lipinski definition) is 1. The predicted molar refractivity (Wildman–Crippen MR) is 88.3 cm³/mol. The molecule has 0 atom stereocenters. The lowest BCUT2D eigenvalue weighted by Crippen LogP contribution is -1.93. The molecule has 0 aliphatic rings. The zero-order valence-corrected chi connectivity index (χ0v) is 12.0. The van der Waals surface area contributed by atoms with Gasteiger partial charge in [-0.2, -0.15) is 0 Å². The number of para-hydroxylation sites is 1. The van der Waals surface area contributed by atoms with Crippen LogP contribution in [-0.4, -0.2) is 9.55 Å². The van der Waals surface area contributed by atoms with Crippen molar-refractivity contribution in [2.24, 2.45) is 0 Å². The number of pyridine rings is 1. The monoisotopic (exact) mass is 272 g/mol. The first-order valence-electron chi connectivity index (χ1n) is 7.32. The Morgan fingerprint density at radius 2 is 1.57 bits per heavy atom. The van der Waals surface area contributed by atoms with E-state index >= 15 is 0 Å². The molecule has 4 aromatic rings. The molecule has 0 fully saturated rings. The number of nitrogens with zero attached hydrogens (tertiary/aromatic N) is 2. The van der Waals surface area contributed by atoms with Crippen LogP contribution in [-0.2, 0) is 6.54 Å². The highest BCUT2D eigenvalue weighted by molar-refractivity contribution is 6.06. The van der Waals surface area contributed by atoms with Crippen molar-refractivity contribution in [2.75, 3.05) is 0 Å². The van der Waals surface area contributed by atoms with Crippen molar-refractivity contribution >= 4 is 21.9 Å². The molecule has 4 rings (SSSR count). The summed E-state index contributed by atoms with van der Waals surface area (Å²) in [6, 6.07) is 23.1. The summed E-state index contributed by atoms with van der Waals surface area (Å²) >= 11 is 0. The molecule has 0 aliphatic heterocycles. The Bertz CT molecular complexity index is 920. The predicted octanol–water partition coefficient (Wildman–Crippen LogP) is 4.88. The fraction of sp³-hybridized carbons (Fsp3) is 0.105. The molecule has 0 unspecified atom stereocenters. The lowest BCUT2D eigenvalue weighted by molar-refractivity contribution is 0.826. The molecule has 2 aromatic heterocycles. The van der Waals surface area contributed by atoms with Gasteiger partial charge in [0.05, 0.1) is 22.2 Å². The molecular formula is C19H16N2. The van der Waals surface area contributed by atoms with Crippen molar-refractivity contribution < 1.29 is 0 Å². The molecule has 2 nitrogen and oxygen atoms in total. The molecule has 0 spiro atoms. The average molecular weight is 272 g/mol. The maximum atomic E-state index is 4.92. The molecule has 0 N–H and O–H groups in total. The maximum absolute atomic E-state index is 4.92. The first kappa shape index (κ1) is 12.2. The average Bonchev–Trinajstić information content (AvgIpc) is 2.88. The standard InChI is InChI=1S/C19H16N2/c1-2-21-17-11-7-6-10-15(17)19-18(21)13-12-16(20-19)14-8-4-3-5-9-14/h3-13H,2H2,1H3. The highest BCUT2D eigenvalue weighted by atomic mass is 15.0. The number of aromatic nitrogens is 2. The molecule has 0 radical (unpaired) electrons. The third-order valence-electron chi connectivity index (χ3n) is 4.00. The largest absolute Gasteiger partial charge is 0.339 e. The lowest BCUT2D eigenvalue weighted by Gasteiger charge is -2.03. The molecule has 2 heterocycles. The van der Waals surface area contributed by atoms with E-state index < -0.39 is 0 Å². The second-order valence-electron chi connectivity index (χ2n) is 5.19. The summed E-state index contributed by atoms with van der Waals surface area (Å²) in [6.07, 6.45) is 0. The first-order valence-corrected chi connectivity index (χ1v) is 7.32. The van der Waals surface area contributed by atoms with Gasteiger partial charge in [0.15, 0.2) is 0 Å². The zero-order valence-electron chi connectivity index (χ0n) is 12.0. The number of benzene rings is 2. The van der Waals surface area contributed by atoms with E-state index in [9.17, 15) is 0 Å². The Labute approximate surface area is 123 Å². The quantitative estimate of drug-likeness (QED) is 0.508. The van der Waals surface area contributed by atoms with E-state index in [1.165, 1.54) is 16.4 Å². The number of aryl methyl sites for hydroxylation is 1. The van der Waals surface area contributed by atoms with Gasteiger partial charge in [0.2, 0.25) is 0 Å². The molecule has 0 bridgehead atoms. The first-order chi connectivity index (χ1) is 10.4. The van der Waals surface area contributed by atoms with Crippen LogP contribution in [0.15, 0.2) is 66.7 Å². The van der Waals surface area contributed by atoms with Gasteiger partial charge in [-0.05, 0) is 25.1 Å². The van der Waals surface area contributed by atoms with Gasteiger partial charge in [-0.15, -0.1) is 0 Å². The Kier molecular flexibility index (Phi) is 2.74. The normalized spacial score (nSPS) is 11.3. The van der Waals surface area contributed by atoms with Crippen LogP contribution in [0.1, 0.15) is 6.92 Å². The van der Waals surface area contributed by atoms with Crippen molar-refractivity contribution in [1.82, 2.24) is 9.55 Å². The Hall–Kier alpha value is -2.61. The van der Waals surface area contributed by atoms with Crippen molar-refractivity contribution in [3.8, 4) is 11.3 Å². The molecule has 2 aromatic carbocycles. The zero-order chi connectivity index (χ0) is 14.2. The topological polar surface area (TPSA) is 17.8 Å². The van der Waals surface area contributed by atoms with Crippen LogP contribution in [0.3, 0.4) is 0 Å². The van der Waals surface area contributed by atoms with Gasteiger partial charge in [-0.25, -0.2) is 4.98 Å². The number of rotatable bonds is 2. The fourth-order valence-electron chi connectivity index (χ4n) is 3.02. The van der Waals surface area contributed by atoms with E-state index in [0.717, 1.165) is 23.3 Å². The minimum absolute atomic E-state index is 0.955. The van der Waals surface area contributed by atoms with Gasteiger partial charge < -0.3 is 4.57 Å². The molecule has 21 heavy (non-hydrogen) atoms. The minimum atomic E-state index is 0.955. The van der Waals surface area contributed by atoms with Crippen molar-refractivity contribution in [3.05, 3.63) is 66.7 Å². The van der Waals surface area contributed by atoms with Gasteiger partial charge in [0.1, 0.15) is 0 Å². The highest BCUT2D eigenvalue weighted by Crippen LogP contribution is 2.29. The SMILES string of the molecule is CCn1c2ccccc2c2nc(-c3ccccc3)ccc21. The fourth-order valence-corrected chi connectivity index (χ4v) is 3.02. The Morgan fingerprint density at radius 3 is 2.38 bits per heavy atom. The van der Waals surface area contributed by atoms with Gasteiger partial charge in [-0.3, -0.25) is 0 Å². The van der Waals surface area contributed by atoms with Crippen LogP contribution in [0.5, 0.6) is 0 Å². The smallest absolute Gasteiger partial charge is 0.0967 e. The van der Waals surface area contributed by atoms with Gasteiger partial charge in [-0.1, -0.05) is 48.5 Å². The summed E-state index contributed by atoms with van der Waals surface area (Å²) in [6.45, 7) is 3.13. The second-order valence-corrected chi connectivity index (χ2v) is 5.19. The molecule has 0 amide bonds.